The molecule has 2 fully saturated rings. The predicted molar refractivity (Wildman–Crippen MR) is 72.2 cm³/mol. The van der Waals surface area contributed by atoms with Gasteiger partial charge in [-0.25, -0.2) is 0 Å². The molecular weight excluding hydrogens is 206 g/mol. The normalized spacial score (nSPS) is 29.2. The lowest BCUT2D eigenvalue weighted by Gasteiger charge is -2.22. The van der Waals surface area contributed by atoms with Crippen molar-refractivity contribution in [2.24, 2.45) is 5.92 Å². The lowest BCUT2D eigenvalue weighted by atomic mass is 9.95. The molecule has 0 aliphatic heterocycles. The predicted octanol–water partition coefficient (Wildman–Crippen LogP) is 3.71. The SMILES string of the molecule is c1ccc([C@@H]2C[C@H]2CNC2CCCCC2)cc1. The fourth-order valence-corrected chi connectivity index (χ4v) is 3.21. The van der Waals surface area contributed by atoms with E-state index in [0.717, 1.165) is 17.9 Å². The van der Waals surface area contributed by atoms with Gasteiger partial charge >= 0.3 is 0 Å². The van der Waals surface area contributed by atoms with Crippen LogP contribution in [-0.4, -0.2) is 12.6 Å². The molecule has 92 valence electrons. The van der Waals surface area contributed by atoms with Crippen LogP contribution >= 0.6 is 0 Å². The van der Waals surface area contributed by atoms with Crippen LogP contribution in [-0.2, 0) is 0 Å². The van der Waals surface area contributed by atoms with Crippen molar-refractivity contribution < 1.29 is 0 Å². The minimum Gasteiger partial charge on any atom is -0.314 e. The Hall–Kier alpha value is -0.820. The lowest BCUT2D eigenvalue weighted by Crippen LogP contribution is -2.32. The first-order valence-electron chi connectivity index (χ1n) is 7.22. The lowest BCUT2D eigenvalue weighted by molar-refractivity contribution is 0.368. The van der Waals surface area contributed by atoms with E-state index in [9.17, 15) is 0 Å². The molecule has 0 amide bonds. The second-order valence-corrected chi connectivity index (χ2v) is 5.76. The van der Waals surface area contributed by atoms with Crippen molar-refractivity contribution in [1.29, 1.82) is 0 Å². The third-order valence-electron chi connectivity index (χ3n) is 4.42. The van der Waals surface area contributed by atoms with Crippen molar-refractivity contribution in [2.45, 2.75) is 50.5 Å². The summed E-state index contributed by atoms with van der Waals surface area (Å²) in [5, 5.41) is 3.78. The molecule has 0 unspecified atom stereocenters. The monoisotopic (exact) mass is 229 g/mol. The van der Waals surface area contributed by atoms with Crippen LogP contribution in [0.1, 0.15) is 50.0 Å². The topological polar surface area (TPSA) is 12.0 Å². The van der Waals surface area contributed by atoms with Gasteiger partial charge in [0, 0.05) is 6.04 Å². The van der Waals surface area contributed by atoms with Crippen LogP contribution < -0.4 is 5.32 Å². The molecule has 0 saturated heterocycles. The highest BCUT2D eigenvalue weighted by Crippen LogP contribution is 2.46. The zero-order valence-electron chi connectivity index (χ0n) is 10.6. The molecule has 1 heteroatoms. The van der Waals surface area contributed by atoms with Gasteiger partial charge in [-0.05, 0) is 43.2 Å². The molecule has 1 nitrogen and oxygen atoms in total. The van der Waals surface area contributed by atoms with Crippen LogP contribution in [0.2, 0.25) is 0 Å². The van der Waals surface area contributed by atoms with Gasteiger partial charge < -0.3 is 5.32 Å². The molecule has 0 radical (unpaired) electrons. The van der Waals surface area contributed by atoms with E-state index in [4.69, 9.17) is 0 Å². The largest absolute Gasteiger partial charge is 0.314 e. The zero-order chi connectivity index (χ0) is 11.5. The second kappa shape index (κ2) is 5.22. The average Bonchev–Trinajstić information content (AvgIpc) is 3.18. The van der Waals surface area contributed by atoms with Gasteiger partial charge in [-0.2, -0.15) is 0 Å². The summed E-state index contributed by atoms with van der Waals surface area (Å²) in [6, 6.07) is 11.8. The van der Waals surface area contributed by atoms with Gasteiger partial charge in [0.05, 0.1) is 0 Å². The molecule has 1 N–H and O–H groups in total. The standard InChI is InChI=1S/C16H23N/c1-3-7-13(8-4-1)16-11-14(16)12-17-15-9-5-2-6-10-15/h1,3-4,7-8,14-17H,2,5-6,9-12H2/t14-,16-/m0/s1. The van der Waals surface area contributed by atoms with Crippen molar-refractivity contribution in [1.82, 2.24) is 5.32 Å². The van der Waals surface area contributed by atoms with Crippen molar-refractivity contribution >= 4 is 0 Å². The van der Waals surface area contributed by atoms with Crippen LogP contribution in [0.4, 0.5) is 0 Å². The first kappa shape index (κ1) is 11.3. The van der Waals surface area contributed by atoms with Gasteiger partial charge in [0.15, 0.2) is 0 Å². The van der Waals surface area contributed by atoms with E-state index in [1.165, 1.54) is 45.1 Å². The van der Waals surface area contributed by atoms with E-state index in [0.29, 0.717) is 0 Å². The molecule has 3 rings (SSSR count). The Kier molecular flexibility index (Phi) is 3.46. The summed E-state index contributed by atoms with van der Waals surface area (Å²) in [4.78, 5) is 0. The highest BCUT2D eigenvalue weighted by atomic mass is 14.9. The summed E-state index contributed by atoms with van der Waals surface area (Å²) >= 11 is 0. The molecule has 1 aromatic carbocycles. The number of nitrogens with one attached hydrogen (secondary N) is 1. The van der Waals surface area contributed by atoms with Crippen LogP contribution in [0.5, 0.6) is 0 Å². The van der Waals surface area contributed by atoms with Crippen molar-refractivity contribution in [2.75, 3.05) is 6.54 Å². The third-order valence-corrected chi connectivity index (χ3v) is 4.42. The average molecular weight is 229 g/mol. The molecule has 2 saturated carbocycles. The molecule has 0 aromatic heterocycles. The number of hydrogen-bond donors (Lipinski definition) is 1. The molecule has 0 heterocycles. The Morgan fingerprint density at radius 3 is 2.53 bits per heavy atom. The second-order valence-electron chi connectivity index (χ2n) is 5.76. The van der Waals surface area contributed by atoms with Gasteiger partial charge in [-0.1, -0.05) is 49.6 Å². The van der Waals surface area contributed by atoms with Gasteiger partial charge in [-0.15, -0.1) is 0 Å². The van der Waals surface area contributed by atoms with E-state index in [1.807, 2.05) is 0 Å². The van der Waals surface area contributed by atoms with Crippen LogP contribution in [0.3, 0.4) is 0 Å². The Morgan fingerprint density at radius 2 is 1.76 bits per heavy atom. The molecule has 2 atom stereocenters. The number of rotatable bonds is 4. The number of hydrogen-bond acceptors (Lipinski definition) is 1. The highest BCUT2D eigenvalue weighted by molar-refractivity contribution is 5.25. The fraction of sp³-hybridized carbons (Fsp3) is 0.625. The summed E-state index contributed by atoms with van der Waals surface area (Å²) in [5.41, 5.74) is 1.54. The first-order chi connectivity index (χ1) is 8.43. The summed E-state index contributed by atoms with van der Waals surface area (Å²) in [5.74, 6) is 1.74. The van der Waals surface area contributed by atoms with Gasteiger partial charge in [0.1, 0.15) is 0 Å². The molecule has 17 heavy (non-hydrogen) atoms. The van der Waals surface area contributed by atoms with Crippen LogP contribution in [0.25, 0.3) is 0 Å². The molecule has 2 aliphatic rings. The Bertz CT molecular complexity index is 340. The van der Waals surface area contributed by atoms with Crippen LogP contribution in [0.15, 0.2) is 30.3 Å². The highest BCUT2D eigenvalue weighted by Gasteiger charge is 2.37. The Morgan fingerprint density at radius 1 is 1.00 bits per heavy atom. The van der Waals surface area contributed by atoms with Crippen molar-refractivity contribution in [3.05, 3.63) is 35.9 Å². The third kappa shape index (κ3) is 2.90. The summed E-state index contributed by atoms with van der Waals surface area (Å²) in [6.45, 7) is 1.24. The maximum absolute atomic E-state index is 3.78. The van der Waals surface area contributed by atoms with E-state index >= 15 is 0 Å². The quantitative estimate of drug-likeness (QED) is 0.830. The zero-order valence-corrected chi connectivity index (χ0v) is 10.6. The van der Waals surface area contributed by atoms with Crippen molar-refractivity contribution in [3.63, 3.8) is 0 Å². The molecule has 0 bridgehead atoms. The Balaban J connectivity index is 1.43. The maximum Gasteiger partial charge on any atom is 0.00671 e. The molecule has 0 spiro atoms. The van der Waals surface area contributed by atoms with Crippen LogP contribution in [0, 0.1) is 5.92 Å². The van der Waals surface area contributed by atoms with E-state index in [2.05, 4.69) is 35.6 Å². The van der Waals surface area contributed by atoms with Gasteiger partial charge in [0.2, 0.25) is 0 Å². The maximum atomic E-state index is 3.78. The van der Waals surface area contributed by atoms with E-state index in [-0.39, 0.29) is 0 Å². The molecule has 2 aliphatic carbocycles. The minimum absolute atomic E-state index is 0.820. The minimum atomic E-state index is 0.820. The van der Waals surface area contributed by atoms with Gasteiger partial charge in [-0.3, -0.25) is 0 Å². The molecule has 1 aromatic rings. The summed E-state index contributed by atoms with van der Waals surface area (Å²) in [7, 11) is 0. The summed E-state index contributed by atoms with van der Waals surface area (Å²) in [6.07, 6.45) is 8.53. The van der Waals surface area contributed by atoms with Crippen molar-refractivity contribution in [3.8, 4) is 0 Å². The first-order valence-corrected chi connectivity index (χ1v) is 7.22. The van der Waals surface area contributed by atoms with E-state index in [1.54, 1.807) is 5.56 Å². The van der Waals surface area contributed by atoms with Gasteiger partial charge in [0.25, 0.3) is 0 Å². The number of benzene rings is 1. The fourth-order valence-electron chi connectivity index (χ4n) is 3.21. The smallest absolute Gasteiger partial charge is 0.00671 e. The molecular formula is C16H23N. The summed E-state index contributed by atoms with van der Waals surface area (Å²) < 4.78 is 0. The Labute approximate surface area is 105 Å². The van der Waals surface area contributed by atoms with E-state index < -0.39 is 0 Å².